The lowest BCUT2D eigenvalue weighted by molar-refractivity contribution is -0.385. The van der Waals surface area contributed by atoms with Crippen molar-refractivity contribution in [1.82, 2.24) is 4.90 Å². The number of hydrogen-bond acceptors (Lipinski definition) is 7. The second-order valence-corrected chi connectivity index (χ2v) is 6.48. The number of nitrogens with zero attached hydrogens (tertiary/aromatic N) is 2. The summed E-state index contributed by atoms with van der Waals surface area (Å²) >= 11 is 6.11. The minimum absolute atomic E-state index is 0.106. The normalized spacial score (nSPS) is 15.9. The molecule has 24 heavy (non-hydrogen) atoms. The first-order valence-electron chi connectivity index (χ1n) is 7.08. The Hall–Kier alpha value is -2.26. The first-order valence-corrected chi connectivity index (χ1v) is 8.31. The number of carbonyl (C=O) groups is 2. The van der Waals surface area contributed by atoms with Gasteiger partial charge in [-0.2, -0.15) is 0 Å². The number of esters is 1. The van der Waals surface area contributed by atoms with Gasteiger partial charge in [-0.3, -0.25) is 24.6 Å². The number of amides is 1. The average molecular weight is 366 g/mol. The van der Waals surface area contributed by atoms with E-state index in [2.05, 4.69) is 0 Å². The molecule has 0 atom stereocenters. The Morgan fingerprint density at radius 3 is 2.83 bits per heavy atom. The molecule has 7 nitrogen and oxygen atoms in total. The van der Waals surface area contributed by atoms with Crippen molar-refractivity contribution < 1.29 is 19.2 Å². The van der Waals surface area contributed by atoms with E-state index in [1.165, 1.54) is 12.1 Å². The summed E-state index contributed by atoms with van der Waals surface area (Å²) in [7, 11) is 0. The van der Waals surface area contributed by atoms with Crippen LogP contribution in [-0.4, -0.2) is 39.2 Å². The molecule has 0 bridgehead atoms. The largest absolute Gasteiger partial charge is 0.464 e. The topological polar surface area (TPSA) is 89.8 Å². The fourth-order valence-corrected chi connectivity index (χ4v) is 3.19. The van der Waals surface area contributed by atoms with Gasteiger partial charge in [0.05, 0.1) is 22.0 Å². The lowest BCUT2D eigenvalue weighted by Gasteiger charge is -2.13. The van der Waals surface area contributed by atoms with Crippen LogP contribution in [0.25, 0.3) is 6.08 Å². The van der Waals surface area contributed by atoms with Gasteiger partial charge in [-0.1, -0.05) is 43.0 Å². The van der Waals surface area contributed by atoms with Gasteiger partial charge in [-0.15, -0.1) is 0 Å². The summed E-state index contributed by atoms with van der Waals surface area (Å²) in [6.07, 6.45) is 2.09. The highest BCUT2D eigenvalue weighted by molar-refractivity contribution is 8.26. The Morgan fingerprint density at radius 2 is 2.17 bits per heavy atom. The number of para-hydroxylation sites is 1. The molecule has 1 heterocycles. The van der Waals surface area contributed by atoms with Crippen molar-refractivity contribution in [2.24, 2.45) is 0 Å². The van der Waals surface area contributed by atoms with E-state index in [1.807, 2.05) is 6.92 Å². The number of nitro benzene ring substituents is 1. The predicted octanol–water partition coefficient (Wildman–Crippen LogP) is 2.75. The van der Waals surface area contributed by atoms with Gasteiger partial charge < -0.3 is 4.74 Å². The summed E-state index contributed by atoms with van der Waals surface area (Å²) in [5.74, 6) is -1.00. The number of thioether (sulfide) groups is 1. The van der Waals surface area contributed by atoms with Gasteiger partial charge in [0, 0.05) is 6.07 Å². The van der Waals surface area contributed by atoms with E-state index >= 15 is 0 Å². The summed E-state index contributed by atoms with van der Waals surface area (Å²) in [6, 6.07) is 6.08. The zero-order chi connectivity index (χ0) is 17.7. The van der Waals surface area contributed by atoms with Crippen LogP contribution >= 0.6 is 24.0 Å². The third kappa shape index (κ3) is 4.18. The maximum atomic E-state index is 12.4. The van der Waals surface area contributed by atoms with Crippen LogP contribution in [0.4, 0.5) is 5.69 Å². The molecule has 1 aliphatic rings. The first kappa shape index (κ1) is 18.1. The molecule has 126 valence electrons. The molecular formula is C15H14N2O5S2. The molecule has 1 fully saturated rings. The molecule has 2 rings (SSSR count). The van der Waals surface area contributed by atoms with Crippen LogP contribution in [0.5, 0.6) is 0 Å². The summed E-state index contributed by atoms with van der Waals surface area (Å²) in [5, 5.41) is 11.0. The van der Waals surface area contributed by atoms with Gasteiger partial charge in [-0.05, 0) is 18.6 Å². The summed E-state index contributed by atoms with van der Waals surface area (Å²) in [6.45, 7) is 1.88. The maximum absolute atomic E-state index is 12.4. The second-order valence-electron chi connectivity index (χ2n) is 4.80. The zero-order valence-electron chi connectivity index (χ0n) is 12.8. The Morgan fingerprint density at radius 1 is 1.46 bits per heavy atom. The molecule has 1 amide bonds. The van der Waals surface area contributed by atoms with E-state index in [-0.39, 0.29) is 28.1 Å². The molecule has 0 aromatic heterocycles. The minimum atomic E-state index is -0.542. The molecule has 0 spiro atoms. The second kappa shape index (κ2) is 8.02. The number of thiocarbonyl (C=S) groups is 1. The minimum Gasteiger partial charge on any atom is -0.464 e. The molecule has 9 heteroatoms. The molecular weight excluding hydrogens is 352 g/mol. The van der Waals surface area contributed by atoms with Crippen LogP contribution in [0, 0.1) is 10.1 Å². The predicted molar refractivity (Wildman–Crippen MR) is 94.2 cm³/mol. The van der Waals surface area contributed by atoms with Crippen molar-refractivity contribution >= 4 is 51.9 Å². The third-order valence-corrected chi connectivity index (χ3v) is 4.43. The monoisotopic (exact) mass is 366 g/mol. The molecule has 0 unspecified atom stereocenters. The smallest absolute Gasteiger partial charge is 0.326 e. The molecule has 1 saturated heterocycles. The summed E-state index contributed by atoms with van der Waals surface area (Å²) in [4.78, 5) is 35.9. The van der Waals surface area contributed by atoms with Gasteiger partial charge in [0.2, 0.25) is 0 Å². The average Bonchev–Trinajstić information content (AvgIpc) is 2.81. The van der Waals surface area contributed by atoms with Crippen LogP contribution in [-0.2, 0) is 14.3 Å². The Kier molecular flexibility index (Phi) is 6.04. The van der Waals surface area contributed by atoms with Crippen LogP contribution in [0.15, 0.2) is 29.2 Å². The van der Waals surface area contributed by atoms with Gasteiger partial charge >= 0.3 is 5.97 Å². The Labute approximate surface area is 147 Å². The standard InChI is InChI=1S/C15H14N2O5S2/c1-2-7-22-13(18)9-16-14(19)12(24-15(16)23)8-10-5-3-4-6-11(10)17(20)21/h3-6,8H,2,7,9H2,1H3/b12-8-. The molecule has 0 radical (unpaired) electrons. The lowest BCUT2D eigenvalue weighted by atomic mass is 10.1. The van der Waals surface area contributed by atoms with Gasteiger partial charge in [0.1, 0.15) is 10.9 Å². The highest BCUT2D eigenvalue weighted by Gasteiger charge is 2.34. The van der Waals surface area contributed by atoms with Gasteiger partial charge in [0.15, 0.2) is 0 Å². The van der Waals surface area contributed by atoms with E-state index in [0.29, 0.717) is 12.0 Å². The van der Waals surface area contributed by atoms with E-state index in [9.17, 15) is 19.7 Å². The number of nitro groups is 1. The highest BCUT2D eigenvalue weighted by atomic mass is 32.2. The number of benzene rings is 1. The van der Waals surface area contributed by atoms with Crippen LogP contribution in [0.2, 0.25) is 0 Å². The number of carbonyl (C=O) groups excluding carboxylic acids is 2. The van der Waals surface area contributed by atoms with Crippen LogP contribution in [0.3, 0.4) is 0 Å². The summed E-state index contributed by atoms with van der Waals surface area (Å²) in [5.41, 5.74) is 0.196. The molecule has 0 N–H and O–H groups in total. The van der Waals surface area contributed by atoms with Gasteiger partial charge in [0.25, 0.3) is 11.6 Å². The molecule has 1 aliphatic heterocycles. The molecule has 1 aromatic rings. The summed E-state index contributed by atoms with van der Waals surface area (Å²) < 4.78 is 5.16. The van der Waals surface area contributed by atoms with Gasteiger partial charge in [-0.25, -0.2) is 0 Å². The quantitative estimate of drug-likeness (QED) is 0.251. The first-order chi connectivity index (χ1) is 11.4. The van der Waals surface area contributed by atoms with E-state index in [0.717, 1.165) is 16.7 Å². The Balaban J connectivity index is 2.19. The fourth-order valence-electron chi connectivity index (χ4n) is 1.94. The van der Waals surface area contributed by atoms with E-state index in [1.54, 1.807) is 18.2 Å². The van der Waals surface area contributed by atoms with Crippen molar-refractivity contribution in [1.29, 1.82) is 0 Å². The molecule has 1 aromatic carbocycles. The number of ether oxygens (including phenoxy) is 1. The Bertz CT molecular complexity index is 732. The van der Waals surface area contributed by atoms with Crippen molar-refractivity contribution in [3.63, 3.8) is 0 Å². The number of rotatable bonds is 6. The van der Waals surface area contributed by atoms with E-state index in [4.69, 9.17) is 17.0 Å². The maximum Gasteiger partial charge on any atom is 0.326 e. The van der Waals surface area contributed by atoms with Crippen molar-refractivity contribution in [3.05, 3.63) is 44.8 Å². The SMILES string of the molecule is CCCOC(=O)CN1C(=O)/C(=C/c2ccccc2[N+](=O)[O-])SC1=S. The van der Waals surface area contributed by atoms with Crippen molar-refractivity contribution in [3.8, 4) is 0 Å². The molecule has 0 saturated carbocycles. The lowest BCUT2D eigenvalue weighted by Crippen LogP contribution is -2.34. The highest BCUT2D eigenvalue weighted by Crippen LogP contribution is 2.34. The van der Waals surface area contributed by atoms with Crippen LogP contribution in [0.1, 0.15) is 18.9 Å². The fraction of sp³-hybridized carbons (Fsp3) is 0.267. The van der Waals surface area contributed by atoms with Crippen molar-refractivity contribution in [2.75, 3.05) is 13.2 Å². The third-order valence-electron chi connectivity index (χ3n) is 3.05. The van der Waals surface area contributed by atoms with E-state index < -0.39 is 16.8 Å². The number of hydrogen-bond donors (Lipinski definition) is 0. The zero-order valence-corrected chi connectivity index (χ0v) is 14.4. The molecule has 0 aliphatic carbocycles. The van der Waals surface area contributed by atoms with Crippen molar-refractivity contribution in [2.45, 2.75) is 13.3 Å². The van der Waals surface area contributed by atoms with Crippen LogP contribution < -0.4 is 0 Å².